The Balaban J connectivity index is 1.82. The summed E-state index contributed by atoms with van der Waals surface area (Å²) in [6.45, 7) is 4.88. The first-order chi connectivity index (χ1) is 8.69. The monoisotopic (exact) mass is 266 g/mol. The van der Waals surface area contributed by atoms with Crippen LogP contribution < -0.4 is 0 Å². The highest BCUT2D eigenvalue weighted by atomic mass is 32.2. The summed E-state index contributed by atoms with van der Waals surface area (Å²) in [7, 11) is 0. The summed E-state index contributed by atoms with van der Waals surface area (Å²) in [6, 6.07) is 2.03. The number of hydrogen-bond donors (Lipinski definition) is 0. The smallest absolute Gasteiger partial charge is 0.148 e. The number of Topliss-reactive ketones (excluding diaryl/α,β-unsaturated/α-hetero) is 1. The van der Waals surface area contributed by atoms with Gasteiger partial charge in [0.15, 0.2) is 0 Å². The molecule has 18 heavy (non-hydrogen) atoms. The first-order valence-corrected chi connectivity index (χ1v) is 7.90. The van der Waals surface area contributed by atoms with Crippen molar-refractivity contribution >= 4 is 17.5 Å². The number of carbonyl (C=O) groups is 1. The van der Waals surface area contributed by atoms with E-state index in [0.717, 1.165) is 23.2 Å². The number of aryl methyl sites for hydroxylation is 2. The van der Waals surface area contributed by atoms with E-state index >= 15 is 0 Å². The van der Waals surface area contributed by atoms with Crippen LogP contribution in [0.2, 0.25) is 0 Å². The lowest BCUT2D eigenvalue weighted by Gasteiger charge is -2.08. The lowest BCUT2D eigenvalue weighted by molar-refractivity contribution is -0.116. The predicted molar refractivity (Wildman–Crippen MR) is 76.1 cm³/mol. The maximum atomic E-state index is 12.0. The van der Waals surface area contributed by atoms with Gasteiger partial charge in [0.1, 0.15) is 5.78 Å². The number of ketones is 1. The fourth-order valence-electron chi connectivity index (χ4n) is 2.53. The molecule has 0 bridgehead atoms. The van der Waals surface area contributed by atoms with Crippen LogP contribution in [0.15, 0.2) is 6.07 Å². The average Bonchev–Trinajstić information content (AvgIpc) is 2.96. The van der Waals surface area contributed by atoms with E-state index in [2.05, 4.69) is 12.0 Å². The van der Waals surface area contributed by atoms with Crippen molar-refractivity contribution in [3.8, 4) is 0 Å². The van der Waals surface area contributed by atoms with Crippen LogP contribution in [-0.4, -0.2) is 26.6 Å². The molecular formula is C14H22N2OS. The van der Waals surface area contributed by atoms with Gasteiger partial charge >= 0.3 is 0 Å². The van der Waals surface area contributed by atoms with E-state index in [0.29, 0.717) is 18.0 Å². The minimum Gasteiger partial charge on any atom is -0.298 e. The van der Waals surface area contributed by atoms with Gasteiger partial charge in [0.05, 0.1) is 11.4 Å². The Bertz CT molecular complexity index is 408. The highest BCUT2D eigenvalue weighted by Gasteiger charge is 2.17. The molecule has 3 nitrogen and oxygen atoms in total. The molecule has 0 unspecified atom stereocenters. The third-order valence-corrected chi connectivity index (χ3v) is 4.88. The van der Waals surface area contributed by atoms with Gasteiger partial charge in [0.2, 0.25) is 0 Å². The second kappa shape index (κ2) is 6.41. The van der Waals surface area contributed by atoms with Crippen molar-refractivity contribution in [2.24, 2.45) is 0 Å². The summed E-state index contributed by atoms with van der Waals surface area (Å²) in [4.78, 5) is 12.0. The highest BCUT2D eigenvalue weighted by Crippen LogP contribution is 2.29. The predicted octanol–water partition coefficient (Wildman–Crippen LogP) is 3.00. The van der Waals surface area contributed by atoms with Gasteiger partial charge in [-0.1, -0.05) is 12.8 Å². The van der Waals surface area contributed by atoms with Crippen molar-refractivity contribution in [1.82, 2.24) is 9.78 Å². The Morgan fingerprint density at radius 3 is 2.89 bits per heavy atom. The van der Waals surface area contributed by atoms with Gasteiger partial charge in [0, 0.05) is 23.9 Å². The van der Waals surface area contributed by atoms with Crippen LogP contribution in [0, 0.1) is 6.92 Å². The van der Waals surface area contributed by atoms with Gasteiger partial charge in [0.25, 0.3) is 0 Å². The normalized spacial score (nSPS) is 16.3. The summed E-state index contributed by atoms with van der Waals surface area (Å²) in [5, 5.41) is 5.11. The van der Waals surface area contributed by atoms with Crippen molar-refractivity contribution in [3.63, 3.8) is 0 Å². The van der Waals surface area contributed by atoms with Crippen LogP contribution in [0.4, 0.5) is 0 Å². The van der Waals surface area contributed by atoms with E-state index < -0.39 is 0 Å². The molecule has 1 saturated carbocycles. The van der Waals surface area contributed by atoms with Crippen molar-refractivity contribution in [1.29, 1.82) is 0 Å². The molecule has 1 fully saturated rings. The van der Waals surface area contributed by atoms with E-state index in [4.69, 9.17) is 0 Å². The minimum atomic E-state index is 0.335. The first-order valence-electron chi connectivity index (χ1n) is 6.85. The maximum Gasteiger partial charge on any atom is 0.148 e. The van der Waals surface area contributed by atoms with Gasteiger partial charge < -0.3 is 0 Å². The molecule has 0 spiro atoms. The molecule has 100 valence electrons. The summed E-state index contributed by atoms with van der Waals surface area (Å²) in [6.07, 6.45) is 5.81. The molecule has 4 heteroatoms. The summed E-state index contributed by atoms with van der Waals surface area (Å²) >= 11 is 1.85. The van der Waals surface area contributed by atoms with Crippen LogP contribution in [0.3, 0.4) is 0 Å². The molecule has 0 N–H and O–H groups in total. The summed E-state index contributed by atoms with van der Waals surface area (Å²) in [5.41, 5.74) is 2.06. The number of aromatic nitrogens is 2. The molecular weight excluding hydrogens is 244 g/mol. The molecule has 0 saturated heterocycles. The Hall–Kier alpha value is -0.770. The van der Waals surface area contributed by atoms with Gasteiger partial charge in [-0.05, 0) is 32.8 Å². The SMILES string of the molecule is CCn1nc(C)cc1CC(=O)CSC1CCCC1. The molecule has 0 amide bonds. The fraction of sp³-hybridized carbons (Fsp3) is 0.714. The second-order valence-corrected chi connectivity index (χ2v) is 6.31. The zero-order valence-electron chi connectivity index (χ0n) is 11.3. The number of thioether (sulfide) groups is 1. The topological polar surface area (TPSA) is 34.9 Å². The van der Waals surface area contributed by atoms with Crippen LogP contribution in [0.5, 0.6) is 0 Å². The van der Waals surface area contributed by atoms with Gasteiger partial charge in [-0.25, -0.2) is 0 Å². The molecule has 1 aromatic heterocycles. The zero-order chi connectivity index (χ0) is 13.0. The van der Waals surface area contributed by atoms with Crippen molar-refractivity contribution in [2.75, 3.05) is 5.75 Å². The molecule has 0 atom stereocenters. The van der Waals surface area contributed by atoms with E-state index in [-0.39, 0.29) is 0 Å². The van der Waals surface area contributed by atoms with Gasteiger partial charge in [-0.2, -0.15) is 16.9 Å². The first kappa shape index (κ1) is 13.7. The quantitative estimate of drug-likeness (QED) is 0.794. The molecule has 0 aliphatic heterocycles. The van der Waals surface area contributed by atoms with Crippen LogP contribution in [0.1, 0.15) is 44.0 Å². The van der Waals surface area contributed by atoms with E-state index in [1.54, 1.807) is 0 Å². The molecule has 0 aromatic carbocycles. The number of nitrogens with zero attached hydrogens (tertiary/aromatic N) is 2. The maximum absolute atomic E-state index is 12.0. The van der Waals surface area contributed by atoms with E-state index in [9.17, 15) is 4.79 Å². The number of carbonyl (C=O) groups excluding carboxylic acids is 1. The summed E-state index contributed by atoms with van der Waals surface area (Å²) < 4.78 is 1.94. The minimum absolute atomic E-state index is 0.335. The van der Waals surface area contributed by atoms with E-state index in [1.807, 2.05) is 29.4 Å². The van der Waals surface area contributed by atoms with Crippen molar-refractivity contribution in [2.45, 2.75) is 57.7 Å². The zero-order valence-corrected chi connectivity index (χ0v) is 12.1. The Kier molecular flexibility index (Phi) is 4.87. The molecule has 0 radical (unpaired) electrons. The lowest BCUT2D eigenvalue weighted by atomic mass is 10.2. The number of rotatable bonds is 6. The molecule has 1 aliphatic rings. The van der Waals surface area contributed by atoms with Crippen LogP contribution in [-0.2, 0) is 17.8 Å². The van der Waals surface area contributed by atoms with Gasteiger partial charge in [-0.15, -0.1) is 0 Å². The number of hydrogen-bond acceptors (Lipinski definition) is 3. The average molecular weight is 266 g/mol. The summed E-state index contributed by atoms with van der Waals surface area (Å²) in [5.74, 6) is 1.00. The Labute approximate surface area is 113 Å². The van der Waals surface area contributed by atoms with E-state index in [1.165, 1.54) is 25.7 Å². The lowest BCUT2D eigenvalue weighted by Crippen LogP contribution is -2.12. The molecule has 2 rings (SSSR count). The fourth-order valence-corrected chi connectivity index (χ4v) is 3.72. The molecule has 1 aliphatic carbocycles. The highest BCUT2D eigenvalue weighted by molar-refractivity contribution is 8.00. The molecule has 1 heterocycles. The molecule has 1 aromatic rings. The third kappa shape index (κ3) is 3.61. The van der Waals surface area contributed by atoms with Crippen LogP contribution >= 0.6 is 11.8 Å². The van der Waals surface area contributed by atoms with Gasteiger partial charge in [-0.3, -0.25) is 9.48 Å². The second-order valence-electron chi connectivity index (χ2n) is 5.03. The largest absolute Gasteiger partial charge is 0.298 e. The van der Waals surface area contributed by atoms with Crippen molar-refractivity contribution in [3.05, 3.63) is 17.5 Å². The standard InChI is InChI=1S/C14H22N2OS/c1-3-16-12(8-11(2)15-16)9-13(17)10-18-14-6-4-5-7-14/h8,14H,3-7,9-10H2,1-2H3. The van der Waals surface area contributed by atoms with Crippen molar-refractivity contribution < 1.29 is 4.79 Å². The van der Waals surface area contributed by atoms with Crippen LogP contribution in [0.25, 0.3) is 0 Å². The Morgan fingerprint density at radius 1 is 1.50 bits per heavy atom. The Morgan fingerprint density at radius 2 is 2.22 bits per heavy atom. The third-order valence-electron chi connectivity index (χ3n) is 3.45.